The van der Waals surface area contributed by atoms with Crippen LogP contribution in [0.15, 0.2) is 97.3 Å². The summed E-state index contributed by atoms with van der Waals surface area (Å²) >= 11 is 0. The predicted molar refractivity (Wildman–Crippen MR) is 249 cm³/mol. The molecular weight excluding hydrogens is 883 g/mol. The molecule has 10 atom stereocenters. The van der Waals surface area contributed by atoms with E-state index in [1.807, 2.05) is 49.4 Å². The molecule has 346 valence electrons. The number of nitriles is 2. The third kappa shape index (κ3) is 8.96. The number of pyridine rings is 2. The lowest BCUT2D eigenvalue weighted by Gasteiger charge is -2.48. The SMILES string of the molecule is CC[C@@H]1CC[C@@H]2[C@H]([C@H]1/C=C/c1ccc(-c3ccccc3C#N)cn1)[C@@H](C)N(C)S2(=O)=O.C[C@H]1NS(=O)(=O)[C@]2(CC(=O)O)CC(F)(F)[C@@H](C)[C@H](/C=C/c3ccc(-c4ccccc4C#N)cn3)[C@H]12. The minimum atomic E-state index is -4.29. The lowest BCUT2D eigenvalue weighted by molar-refractivity contribution is -0.145. The molecule has 2 saturated carbocycles. The van der Waals surface area contributed by atoms with Crippen molar-refractivity contribution >= 4 is 38.2 Å². The topological polar surface area (TPSA) is 194 Å². The smallest absolute Gasteiger partial charge is 0.305 e. The monoisotopic (exact) mass is 936 g/mol. The van der Waals surface area contributed by atoms with Crippen molar-refractivity contribution in [1.29, 1.82) is 10.5 Å². The zero-order valence-corrected chi connectivity index (χ0v) is 39.1. The lowest BCUT2D eigenvalue weighted by atomic mass is 9.61. The first kappa shape index (κ1) is 48.3. The predicted octanol–water partition coefficient (Wildman–Crippen LogP) is 8.79. The molecule has 2 aliphatic heterocycles. The summed E-state index contributed by atoms with van der Waals surface area (Å²) in [5.74, 6) is -6.94. The van der Waals surface area contributed by atoms with Crippen LogP contribution in [0.5, 0.6) is 0 Å². The van der Waals surface area contributed by atoms with Gasteiger partial charge in [0.2, 0.25) is 20.0 Å². The fourth-order valence-corrected chi connectivity index (χ4v) is 15.7. The van der Waals surface area contributed by atoms with Crippen LogP contribution in [0.25, 0.3) is 34.4 Å². The number of carboxylic acid groups (broad SMARTS) is 1. The van der Waals surface area contributed by atoms with Gasteiger partial charge in [0, 0.05) is 72.0 Å². The molecule has 0 bridgehead atoms. The number of aromatic nitrogens is 2. The summed E-state index contributed by atoms with van der Waals surface area (Å²) in [6.45, 7) is 7.19. The van der Waals surface area contributed by atoms with Gasteiger partial charge in [-0.15, -0.1) is 0 Å². The Morgan fingerprint density at radius 3 is 1.86 bits per heavy atom. The van der Waals surface area contributed by atoms with Crippen LogP contribution < -0.4 is 4.72 Å². The molecule has 0 radical (unpaired) electrons. The Balaban J connectivity index is 0.000000198. The summed E-state index contributed by atoms with van der Waals surface area (Å²) in [6, 6.07) is 25.6. The van der Waals surface area contributed by atoms with Crippen LogP contribution in [0.1, 0.15) is 82.3 Å². The number of hydrogen-bond donors (Lipinski definition) is 2. The Labute approximate surface area is 386 Å². The first-order valence-electron chi connectivity index (χ1n) is 22.2. The standard InChI is InChI=1S/C25H25F2N3O4S.C25H29N3O2S/c1-15-20(10-9-19-8-7-18(13-29-19)21-6-4-3-5-17(21)12-28)23-16(2)30-35(33,34)24(23,11-22(31)32)14-25(15,26)27;1-4-18-10-14-24-25(17(2)28(3)31(24,29)30)23(18)13-12-21-11-9-20(16-27-21)22-8-6-5-7-19(22)15-26/h3-10,13,15-16,20,23,30H,11,14H2,1-2H3,(H,31,32);5-9,11-13,16-18,23-25H,4,10,14H2,1-3H3/b10-9+;13-12+/t15-,16+,20-,23-,24+;17-,18-,23+,24-,25+/m01/s1. The third-order valence-electron chi connectivity index (χ3n) is 14.6. The molecule has 0 amide bonds. The minimum Gasteiger partial charge on any atom is -0.481 e. The molecule has 4 aromatic rings. The molecule has 2 aromatic heterocycles. The van der Waals surface area contributed by atoms with Gasteiger partial charge in [-0.05, 0) is 86.8 Å². The summed E-state index contributed by atoms with van der Waals surface area (Å²) in [5, 5.41) is 27.8. The van der Waals surface area contributed by atoms with Gasteiger partial charge >= 0.3 is 5.97 Å². The van der Waals surface area contributed by atoms with Crippen LogP contribution in [0.2, 0.25) is 0 Å². The highest BCUT2D eigenvalue weighted by molar-refractivity contribution is 7.91. The zero-order chi connectivity index (χ0) is 47.8. The van der Waals surface area contributed by atoms with Gasteiger partial charge in [-0.3, -0.25) is 14.8 Å². The first-order valence-corrected chi connectivity index (χ1v) is 25.1. The highest BCUT2D eigenvalue weighted by atomic mass is 32.2. The minimum absolute atomic E-state index is 0.0109. The summed E-state index contributed by atoms with van der Waals surface area (Å²) in [5.41, 5.74) is 5.66. The van der Waals surface area contributed by atoms with Crippen LogP contribution in [0.3, 0.4) is 0 Å². The van der Waals surface area contributed by atoms with E-state index in [2.05, 4.69) is 39.8 Å². The maximum atomic E-state index is 15.1. The molecular formula is C50H54F2N6O6S2. The van der Waals surface area contributed by atoms with E-state index in [0.717, 1.165) is 41.6 Å². The van der Waals surface area contributed by atoms with Crippen LogP contribution in [0, 0.1) is 58.2 Å². The van der Waals surface area contributed by atoms with Gasteiger partial charge in [0.05, 0.1) is 46.3 Å². The molecule has 4 aliphatic rings. The maximum absolute atomic E-state index is 15.1. The van der Waals surface area contributed by atoms with Gasteiger partial charge in [0.1, 0.15) is 4.75 Å². The Kier molecular flexibility index (Phi) is 13.8. The number of allylic oxidation sites excluding steroid dienone is 2. The summed E-state index contributed by atoms with van der Waals surface area (Å²) in [4.78, 5) is 20.5. The molecule has 8 rings (SSSR count). The molecule has 4 heterocycles. The number of nitrogens with one attached hydrogen (secondary N) is 1. The molecule has 12 nitrogen and oxygen atoms in total. The molecule has 0 spiro atoms. The number of benzene rings is 2. The molecule has 4 fully saturated rings. The average molecular weight is 937 g/mol. The molecule has 2 aliphatic carbocycles. The molecule has 16 heteroatoms. The van der Waals surface area contributed by atoms with Crippen LogP contribution >= 0.6 is 0 Å². The Bertz CT molecular complexity index is 2830. The Morgan fingerprint density at radius 1 is 0.848 bits per heavy atom. The number of fused-ring (bicyclic) bond motifs is 2. The number of carbonyl (C=O) groups is 1. The second kappa shape index (κ2) is 18.9. The van der Waals surface area contributed by atoms with E-state index in [1.54, 1.807) is 73.1 Å². The van der Waals surface area contributed by atoms with Crippen molar-refractivity contribution in [3.8, 4) is 34.4 Å². The van der Waals surface area contributed by atoms with Crippen molar-refractivity contribution in [3.05, 3.63) is 120 Å². The van der Waals surface area contributed by atoms with Crippen molar-refractivity contribution in [1.82, 2.24) is 19.0 Å². The van der Waals surface area contributed by atoms with Crippen LogP contribution in [-0.2, 0) is 24.8 Å². The van der Waals surface area contributed by atoms with Crippen molar-refractivity contribution in [3.63, 3.8) is 0 Å². The number of sulfonamides is 2. The number of halogens is 2. The Hall–Kier alpha value is -5.65. The maximum Gasteiger partial charge on any atom is 0.305 e. The summed E-state index contributed by atoms with van der Waals surface area (Å²) < 4.78 is 83.7. The highest BCUT2D eigenvalue weighted by Crippen LogP contribution is 2.58. The first-order chi connectivity index (χ1) is 31.3. The van der Waals surface area contributed by atoms with Crippen molar-refractivity contribution in [2.45, 2.75) is 87.8 Å². The van der Waals surface area contributed by atoms with Gasteiger partial charge < -0.3 is 5.11 Å². The Morgan fingerprint density at radius 2 is 1.38 bits per heavy atom. The highest BCUT2D eigenvalue weighted by Gasteiger charge is 2.69. The van der Waals surface area contributed by atoms with Gasteiger partial charge in [0.25, 0.3) is 5.92 Å². The fourth-order valence-electron chi connectivity index (χ4n) is 11.1. The number of carboxylic acids is 1. The lowest BCUT2D eigenvalue weighted by Crippen LogP contribution is -2.58. The summed E-state index contributed by atoms with van der Waals surface area (Å²) in [6.07, 6.45) is 11.5. The second-order valence-corrected chi connectivity index (χ2v) is 22.4. The fraction of sp³-hybridized carbons (Fsp3) is 0.420. The molecule has 66 heavy (non-hydrogen) atoms. The normalized spacial score (nSPS) is 30.7. The number of nitrogens with zero attached hydrogens (tertiary/aromatic N) is 5. The molecule has 2 aromatic carbocycles. The number of rotatable bonds is 9. The van der Waals surface area contributed by atoms with Crippen LogP contribution in [-0.4, -0.2) is 77.2 Å². The molecule has 2 saturated heterocycles. The largest absolute Gasteiger partial charge is 0.481 e. The number of aliphatic carboxylic acids is 1. The quantitative estimate of drug-likeness (QED) is 0.164. The van der Waals surface area contributed by atoms with Crippen LogP contribution in [0.4, 0.5) is 8.78 Å². The summed E-state index contributed by atoms with van der Waals surface area (Å²) in [7, 11) is -5.78. The zero-order valence-electron chi connectivity index (χ0n) is 37.4. The van der Waals surface area contributed by atoms with Gasteiger partial charge in [-0.1, -0.05) is 81.0 Å². The molecule has 0 unspecified atom stereocenters. The van der Waals surface area contributed by atoms with Crippen molar-refractivity contribution in [2.75, 3.05) is 7.05 Å². The molecule has 2 N–H and O–H groups in total. The van der Waals surface area contributed by atoms with Crippen molar-refractivity contribution < 1.29 is 35.5 Å². The van der Waals surface area contributed by atoms with E-state index in [-0.39, 0.29) is 23.1 Å². The average Bonchev–Trinajstić information content (AvgIpc) is 3.60. The number of hydrogen-bond acceptors (Lipinski definition) is 9. The van der Waals surface area contributed by atoms with Gasteiger partial charge in [-0.25, -0.2) is 34.6 Å². The number of alkyl halides is 2. The van der Waals surface area contributed by atoms with E-state index in [0.29, 0.717) is 28.3 Å². The second-order valence-electron chi connectivity index (χ2n) is 18.1. The third-order valence-corrected chi connectivity index (χ3v) is 19.4. The van der Waals surface area contributed by atoms with E-state index < -0.39 is 73.3 Å². The van der Waals surface area contributed by atoms with E-state index in [9.17, 15) is 37.3 Å². The van der Waals surface area contributed by atoms with Crippen molar-refractivity contribution in [2.24, 2.45) is 35.5 Å². The van der Waals surface area contributed by atoms with Gasteiger partial charge in [-0.2, -0.15) is 10.5 Å². The van der Waals surface area contributed by atoms with E-state index in [1.165, 1.54) is 13.0 Å². The van der Waals surface area contributed by atoms with Gasteiger partial charge in [0.15, 0.2) is 0 Å². The van der Waals surface area contributed by atoms with E-state index in [4.69, 9.17) is 0 Å². The van der Waals surface area contributed by atoms with E-state index >= 15 is 8.78 Å².